The quantitative estimate of drug-likeness (QED) is 0.800. The van der Waals surface area contributed by atoms with Crippen LogP contribution in [0.2, 0.25) is 5.02 Å². The molecule has 21 heavy (non-hydrogen) atoms. The second kappa shape index (κ2) is 5.46. The first-order valence-corrected chi connectivity index (χ1v) is 7.68. The van der Waals surface area contributed by atoms with Crippen LogP contribution >= 0.6 is 22.9 Å². The summed E-state index contributed by atoms with van der Waals surface area (Å²) < 4.78 is 2.72. The number of benzene rings is 1. The van der Waals surface area contributed by atoms with Crippen molar-refractivity contribution in [1.82, 2.24) is 14.8 Å². The number of nitrogens with zero attached hydrogens (tertiary/aromatic N) is 3. The lowest BCUT2D eigenvalue weighted by Crippen LogP contribution is -2.13. The van der Waals surface area contributed by atoms with E-state index in [1.165, 1.54) is 11.3 Å². The SMILES string of the molecule is CCn1nc(C(=O)Nc2nc3ccc(Cl)cc3s2)cc1C. The zero-order valence-electron chi connectivity index (χ0n) is 11.6. The molecule has 108 valence electrons. The largest absolute Gasteiger partial charge is 0.296 e. The molecule has 3 rings (SSSR count). The van der Waals surface area contributed by atoms with E-state index >= 15 is 0 Å². The summed E-state index contributed by atoms with van der Waals surface area (Å²) >= 11 is 7.33. The Morgan fingerprint density at radius 1 is 1.43 bits per heavy atom. The summed E-state index contributed by atoms with van der Waals surface area (Å²) in [4.78, 5) is 16.6. The number of anilines is 1. The van der Waals surface area contributed by atoms with Crippen molar-refractivity contribution in [2.24, 2.45) is 0 Å². The Kier molecular flexibility index (Phi) is 3.65. The van der Waals surface area contributed by atoms with E-state index in [1.54, 1.807) is 16.8 Å². The summed E-state index contributed by atoms with van der Waals surface area (Å²) in [7, 11) is 0. The van der Waals surface area contributed by atoms with Crippen LogP contribution < -0.4 is 5.32 Å². The standard InChI is InChI=1S/C14H13ClN4OS/c1-3-19-8(2)6-11(18-19)13(20)17-14-16-10-5-4-9(15)7-12(10)21-14/h4-7H,3H2,1-2H3,(H,16,17,20). The smallest absolute Gasteiger partial charge is 0.277 e. The molecule has 0 saturated carbocycles. The number of rotatable bonds is 3. The molecular formula is C14H13ClN4OS. The Morgan fingerprint density at radius 3 is 2.95 bits per heavy atom. The fourth-order valence-electron chi connectivity index (χ4n) is 2.05. The molecule has 7 heteroatoms. The number of hydrogen-bond donors (Lipinski definition) is 1. The number of carbonyl (C=O) groups excluding carboxylic acids is 1. The Hall–Kier alpha value is -1.92. The van der Waals surface area contributed by atoms with Crippen LogP contribution in [0.5, 0.6) is 0 Å². The molecule has 0 atom stereocenters. The number of aromatic nitrogens is 3. The first-order chi connectivity index (χ1) is 10.1. The van der Waals surface area contributed by atoms with Crippen LogP contribution in [0.4, 0.5) is 5.13 Å². The van der Waals surface area contributed by atoms with Crippen LogP contribution in [0, 0.1) is 6.92 Å². The lowest BCUT2D eigenvalue weighted by atomic mass is 10.3. The van der Waals surface area contributed by atoms with Crippen LogP contribution in [0.3, 0.4) is 0 Å². The summed E-state index contributed by atoms with van der Waals surface area (Å²) in [5, 5.41) is 8.23. The molecular weight excluding hydrogens is 308 g/mol. The molecule has 0 bridgehead atoms. The van der Waals surface area contributed by atoms with E-state index in [-0.39, 0.29) is 5.91 Å². The van der Waals surface area contributed by atoms with Gasteiger partial charge in [0.15, 0.2) is 10.8 Å². The first kappa shape index (κ1) is 14.0. The van der Waals surface area contributed by atoms with Crippen molar-refractivity contribution in [3.8, 4) is 0 Å². The van der Waals surface area contributed by atoms with Crippen molar-refractivity contribution in [2.45, 2.75) is 20.4 Å². The van der Waals surface area contributed by atoms with E-state index in [4.69, 9.17) is 11.6 Å². The van der Waals surface area contributed by atoms with Gasteiger partial charge in [-0.3, -0.25) is 14.8 Å². The van der Waals surface area contributed by atoms with Crippen LogP contribution in [0.15, 0.2) is 24.3 Å². The monoisotopic (exact) mass is 320 g/mol. The number of nitrogens with one attached hydrogen (secondary N) is 1. The van der Waals surface area contributed by atoms with Gasteiger partial charge in [-0.2, -0.15) is 5.10 Å². The average molecular weight is 321 g/mol. The highest BCUT2D eigenvalue weighted by molar-refractivity contribution is 7.22. The second-order valence-electron chi connectivity index (χ2n) is 4.57. The van der Waals surface area contributed by atoms with Crippen molar-refractivity contribution in [3.63, 3.8) is 0 Å². The van der Waals surface area contributed by atoms with Crippen molar-refractivity contribution in [1.29, 1.82) is 0 Å². The molecule has 0 radical (unpaired) electrons. The zero-order chi connectivity index (χ0) is 15.0. The van der Waals surface area contributed by atoms with E-state index in [9.17, 15) is 4.79 Å². The number of aryl methyl sites for hydroxylation is 2. The van der Waals surface area contributed by atoms with E-state index in [0.717, 1.165) is 22.5 Å². The summed E-state index contributed by atoms with van der Waals surface area (Å²) in [5.41, 5.74) is 2.17. The Balaban J connectivity index is 1.85. The average Bonchev–Trinajstić information content (AvgIpc) is 3.01. The van der Waals surface area contributed by atoms with Gasteiger partial charge in [0.2, 0.25) is 0 Å². The van der Waals surface area contributed by atoms with Crippen LogP contribution in [-0.2, 0) is 6.54 Å². The molecule has 0 fully saturated rings. The summed E-state index contributed by atoms with van der Waals surface area (Å²) in [6.07, 6.45) is 0. The van der Waals surface area contributed by atoms with Crippen molar-refractivity contribution < 1.29 is 4.79 Å². The van der Waals surface area contributed by atoms with Crippen molar-refractivity contribution in [3.05, 3.63) is 40.7 Å². The lowest BCUT2D eigenvalue weighted by molar-refractivity contribution is 0.102. The van der Waals surface area contributed by atoms with Crippen molar-refractivity contribution >= 4 is 44.2 Å². The predicted octanol–water partition coefficient (Wildman–Crippen LogP) is 3.73. The van der Waals surface area contributed by atoms with E-state index in [0.29, 0.717) is 15.8 Å². The molecule has 0 unspecified atom stereocenters. The maximum atomic E-state index is 12.2. The minimum atomic E-state index is -0.254. The minimum Gasteiger partial charge on any atom is -0.296 e. The third kappa shape index (κ3) is 2.77. The fourth-order valence-corrected chi connectivity index (χ4v) is 3.19. The molecule has 0 saturated heterocycles. The van der Waals surface area contributed by atoms with Gasteiger partial charge >= 0.3 is 0 Å². The molecule has 0 aliphatic heterocycles. The van der Waals surface area contributed by atoms with Gasteiger partial charge in [0.05, 0.1) is 10.2 Å². The maximum absolute atomic E-state index is 12.2. The number of halogens is 1. The topological polar surface area (TPSA) is 59.8 Å². The van der Waals surface area contributed by atoms with Crippen LogP contribution in [-0.4, -0.2) is 20.7 Å². The number of hydrogen-bond acceptors (Lipinski definition) is 4. The Bertz CT molecular complexity index is 824. The highest BCUT2D eigenvalue weighted by atomic mass is 35.5. The highest BCUT2D eigenvalue weighted by Gasteiger charge is 2.14. The van der Waals surface area contributed by atoms with Gasteiger partial charge in [0.25, 0.3) is 5.91 Å². The molecule has 1 aromatic carbocycles. The second-order valence-corrected chi connectivity index (χ2v) is 6.04. The minimum absolute atomic E-state index is 0.254. The fraction of sp³-hybridized carbons (Fsp3) is 0.214. The number of fused-ring (bicyclic) bond motifs is 1. The summed E-state index contributed by atoms with van der Waals surface area (Å²) in [6.45, 7) is 4.64. The molecule has 1 amide bonds. The number of thiazole rings is 1. The number of carbonyl (C=O) groups is 1. The molecule has 2 aromatic heterocycles. The predicted molar refractivity (Wildman–Crippen MR) is 85.2 cm³/mol. The van der Waals surface area contributed by atoms with Gasteiger partial charge in [0.1, 0.15) is 0 Å². The van der Waals surface area contributed by atoms with E-state index < -0.39 is 0 Å². The maximum Gasteiger partial charge on any atom is 0.277 e. The summed E-state index contributed by atoms with van der Waals surface area (Å²) in [5.74, 6) is -0.254. The molecule has 0 aliphatic rings. The zero-order valence-corrected chi connectivity index (χ0v) is 13.1. The van der Waals surface area contributed by atoms with Gasteiger partial charge in [-0.15, -0.1) is 0 Å². The molecule has 0 spiro atoms. The lowest BCUT2D eigenvalue weighted by Gasteiger charge is -1.98. The number of amides is 1. The third-order valence-corrected chi connectivity index (χ3v) is 4.25. The normalized spacial score (nSPS) is 11.0. The van der Waals surface area contributed by atoms with Gasteiger partial charge in [-0.1, -0.05) is 22.9 Å². The van der Waals surface area contributed by atoms with Crippen LogP contribution in [0.25, 0.3) is 10.2 Å². The van der Waals surface area contributed by atoms with Crippen molar-refractivity contribution in [2.75, 3.05) is 5.32 Å². The molecule has 0 aliphatic carbocycles. The molecule has 5 nitrogen and oxygen atoms in total. The molecule has 1 N–H and O–H groups in total. The van der Waals surface area contributed by atoms with Gasteiger partial charge in [-0.25, -0.2) is 4.98 Å². The highest BCUT2D eigenvalue weighted by Crippen LogP contribution is 2.28. The first-order valence-electron chi connectivity index (χ1n) is 6.48. The van der Waals surface area contributed by atoms with Crippen LogP contribution in [0.1, 0.15) is 23.1 Å². The third-order valence-electron chi connectivity index (χ3n) is 3.08. The van der Waals surface area contributed by atoms with E-state index in [1.807, 2.05) is 26.0 Å². The van der Waals surface area contributed by atoms with Gasteiger partial charge in [0, 0.05) is 17.3 Å². The summed E-state index contributed by atoms with van der Waals surface area (Å²) in [6, 6.07) is 7.21. The Labute approximate surface area is 130 Å². The van der Waals surface area contributed by atoms with E-state index in [2.05, 4.69) is 15.4 Å². The molecule has 2 heterocycles. The van der Waals surface area contributed by atoms with Gasteiger partial charge < -0.3 is 0 Å². The van der Waals surface area contributed by atoms with Gasteiger partial charge in [-0.05, 0) is 38.1 Å². The Morgan fingerprint density at radius 2 is 2.24 bits per heavy atom. The molecule has 3 aromatic rings.